The number of aromatic carboxylic acids is 1. The van der Waals surface area contributed by atoms with Crippen molar-refractivity contribution in [2.45, 2.75) is 13.5 Å². The average molecular weight is 238 g/mol. The highest BCUT2D eigenvalue weighted by molar-refractivity contribution is 5.82. The van der Waals surface area contributed by atoms with Gasteiger partial charge in [0.2, 0.25) is 0 Å². The molecule has 1 aliphatic rings. The summed E-state index contributed by atoms with van der Waals surface area (Å²) >= 11 is 0. The van der Waals surface area contributed by atoms with Gasteiger partial charge in [-0.1, -0.05) is 0 Å². The number of nitrogens with zero attached hydrogens (tertiary/aromatic N) is 1. The van der Waals surface area contributed by atoms with E-state index in [0.29, 0.717) is 5.76 Å². The fourth-order valence-corrected chi connectivity index (χ4v) is 2.11. The van der Waals surface area contributed by atoms with Crippen LogP contribution in [0.3, 0.4) is 0 Å². The lowest BCUT2D eigenvalue weighted by atomic mass is 10.2. The molecule has 17 heavy (non-hydrogen) atoms. The second kappa shape index (κ2) is 4.89. The van der Waals surface area contributed by atoms with E-state index >= 15 is 0 Å². The number of nitrogens with one attached hydrogen (secondary N) is 1. The van der Waals surface area contributed by atoms with Crippen LogP contribution in [-0.2, 0) is 6.54 Å². The fraction of sp³-hybridized carbons (Fsp3) is 0.583. The van der Waals surface area contributed by atoms with Crippen molar-refractivity contribution in [3.63, 3.8) is 0 Å². The zero-order valence-electron chi connectivity index (χ0n) is 10.3. The van der Waals surface area contributed by atoms with E-state index in [1.165, 1.54) is 0 Å². The number of likely N-dealkylation sites (N-methyl/N-ethyl adjacent to an activating group) is 1. The zero-order valence-corrected chi connectivity index (χ0v) is 10.3. The first-order valence-corrected chi connectivity index (χ1v) is 5.90. The van der Waals surface area contributed by atoms with Gasteiger partial charge in [0.1, 0.15) is 17.5 Å². The van der Waals surface area contributed by atoms with Crippen molar-refractivity contribution in [2.24, 2.45) is 0 Å². The fourth-order valence-electron chi connectivity index (χ4n) is 2.11. The first kappa shape index (κ1) is 12.1. The van der Waals surface area contributed by atoms with Crippen LogP contribution in [0, 0.1) is 6.92 Å². The van der Waals surface area contributed by atoms with Gasteiger partial charge in [-0.05, 0) is 13.0 Å². The number of hydrogen-bond donors (Lipinski definition) is 1. The summed E-state index contributed by atoms with van der Waals surface area (Å²) in [6, 6.07) is 1.58. The quantitative estimate of drug-likeness (QED) is 0.680. The first-order valence-electron chi connectivity index (χ1n) is 5.90. The van der Waals surface area contributed by atoms with E-state index in [9.17, 15) is 9.90 Å². The van der Waals surface area contributed by atoms with E-state index in [2.05, 4.69) is 11.9 Å². The summed E-state index contributed by atoms with van der Waals surface area (Å²) in [5, 5.41) is 10.7. The van der Waals surface area contributed by atoms with Gasteiger partial charge in [0.05, 0.1) is 20.1 Å². The van der Waals surface area contributed by atoms with Gasteiger partial charge in [-0.15, -0.1) is 0 Å². The van der Waals surface area contributed by atoms with Gasteiger partial charge in [-0.3, -0.25) is 4.90 Å². The predicted molar refractivity (Wildman–Crippen MR) is 59.7 cm³/mol. The highest BCUT2D eigenvalue weighted by Gasteiger charge is 2.18. The molecule has 2 rings (SSSR count). The maximum absolute atomic E-state index is 10.7. The van der Waals surface area contributed by atoms with E-state index in [0.717, 1.165) is 38.3 Å². The number of carboxylic acids is 1. The van der Waals surface area contributed by atoms with Gasteiger partial charge in [-0.25, -0.2) is 0 Å². The minimum atomic E-state index is -1.25. The van der Waals surface area contributed by atoms with Crippen LogP contribution in [0.5, 0.6) is 0 Å². The Balaban J connectivity index is 2.01. The number of carbonyl (C=O) groups excluding carboxylic acids is 1. The van der Waals surface area contributed by atoms with E-state index in [1.807, 2.05) is 0 Å². The average Bonchev–Trinajstić information content (AvgIpc) is 2.64. The molecule has 1 N–H and O–H groups in total. The second-order valence-electron chi connectivity index (χ2n) is 4.71. The number of hydrogen-bond acceptors (Lipinski definition) is 4. The normalized spacial score (nSPS) is 18.5. The lowest BCUT2D eigenvalue weighted by molar-refractivity contribution is -0.884. The van der Waals surface area contributed by atoms with Crippen LogP contribution in [0.1, 0.15) is 21.9 Å². The topological polar surface area (TPSA) is 60.9 Å². The molecule has 5 heteroatoms. The van der Waals surface area contributed by atoms with Crippen molar-refractivity contribution in [3.05, 3.63) is 23.2 Å². The third kappa shape index (κ3) is 2.87. The molecule has 1 aromatic rings. The Labute approximate surface area is 101 Å². The van der Waals surface area contributed by atoms with Crippen LogP contribution in [0.2, 0.25) is 0 Å². The van der Waals surface area contributed by atoms with Crippen molar-refractivity contribution >= 4 is 5.97 Å². The molecule has 1 aromatic heterocycles. The third-order valence-electron chi connectivity index (χ3n) is 3.33. The first-order chi connectivity index (χ1) is 8.06. The molecule has 0 aliphatic carbocycles. The van der Waals surface area contributed by atoms with E-state index in [1.54, 1.807) is 17.9 Å². The molecule has 2 heterocycles. The summed E-state index contributed by atoms with van der Waals surface area (Å²) in [5.41, 5.74) is 0.948. The van der Waals surface area contributed by atoms with Crippen molar-refractivity contribution in [2.75, 3.05) is 33.2 Å². The lowest BCUT2D eigenvalue weighted by Crippen LogP contribution is -3.11. The molecule has 5 nitrogen and oxygen atoms in total. The molecule has 0 radical (unpaired) electrons. The van der Waals surface area contributed by atoms with Crippen molar-refractivity contribution < 1.29 is 19.2 Å². The molecule has 1 fully saturated rings. The Morgan fingerprint density at radius 3 is 2.71 bits per heavy atom. The molecule has 0 atom stereocenters. The van der Waals surface area contributed by atoms with Crippen LogP contribution in [0.15, 0.2) is 10.5 Å². The Bertz CT molecular complexity index is 406. The standard InChI is InChI=1S/C12H18N2O3/c1-9-10(7-11(17-9)12(15)16)8-14-5-3-13(2)4-6-14/h7H,3-6,8H2,1-2H3,(H,15,16). The van der Waals surface area contributed by atoms with Crippen LogP contribution in [-0.4, -0.2) is 44.1 Å². The molecule has 1 saturated heterocycles. The zero-order chi connectivity index (χ0) is 12.4. The molecular weight excluding hydrogens is 220 g/mol. The molecule has 0 bridgehead atoms. The highest BCUT2D eigenvalue weighted by atomic mass is 16.4. The molecule has 94 valence electrons. The maximum Gasteiger partial charge on any atom is 0.150 e. The molecule has 0 amide bonds. The number of rotatable bonds is 3. The Morgan fingerprint density at radius 2 is 2.18 bits per heavy atom. The van der Waals surface area contributed by atoms with Crippen molar-refractivity contribution in [3.8, 4) is 0 Å². The molecule has 0 aromatic carbocycles. The van der Waals surface area contributed by atoms with Gasteiger partial charge in [0, 0.05) is 25.2 Å². The molecule has 0 unspecified atom stereocenters. The summed E-state index contributed by atoms with van der Waals surface area (Å²) in [6.07, 6.45) is 0. The minimum Gasteiger partial charge on any atom is -0.542 e. The van der Waals surface area contributed by atoms with Gasteiger partial charge in [0.15, 0.2) is 0 Å². The van der Waals surface area contributed by atoms with Gasteiger partial charge in [0.25, 0.3) is 0 Å². The Morgan fingerprint density at radius 1 is 1.53 bits per heavy atom. The summed E-state index contributed by atoms with van der Waals surface area (Å²) in [4.78, 5) is 14.5. The third-order valence-corrected chi connectivity index (χ3v) is 3.33. The molecule has 0 saturated carbocycles. The lowest BCUT2D eigenvalue weighted by Gasteiger charge is -2.29. The summed E-state index contributed by atoms with van der Waals surface area (Å²) < 4.78 is 5.14. The largest absolute Gasteiger partial charge is 0.542 e. The van der Waals surface area contributed by atoms with Crippen LogP contribution < -0.4 is 10.0 Å². The number of carboxylic acid groups (broad SMARTS) is 1. The summed E-state index contributed by atoms with van der Waals surface area (Å²) in [5.74, 6) is -0.644. The Hall–Kier alpha value is -1.33. The molecule has 0 spiro atoms. The van der Waals surface area contributed by atoms with Crippen molar-refractivity contribution in [1.82, 2.24) is 4.90 Å². The summed E-state index contributed by atoms with van der Waals surface area (Å²) in [7, 11) is 2.19. The van der Waals surface area contributed by atoms with Crippen LogP contribution in [0.25, 0.3) is 0 Å². The SMILES string of the molecule is Cc1oc(C(=O)[O-])cc1CN1CC[NH+](C)CC1. The van der Waals surface area contributed by atoms with Crippen molar-refractivity contribution in [1.29, 1.82) is 0 Å². The minimum absolute atomic E-state index is 0.0720. The molecular formula is C12H18N2O3. The second-order valence-corrected chi connectivity index (χ2v) is 4.71. The number of aryl methyl sites for hydroxylation is 1. The number of furan rings is 1. The number of piperazine rings is 1. The van der Waals surface area contributed by atoms with Gasteiger partial charge < -0.3 is 19.2 Å². The smallest absolute Gasteiger partial charge is 0.150 e. The van der Waals surface area contributed by atoms with Gasteiger partial charge >= 0.3 is 0 Å². The predicted octanol–water partition coefficient (Wildman–Crippen LogP) is -1.72. The van der Waals surface area contributed by atoms with E-state index < -0.39 is 5.97 Å². The number of quaternary nitrogens is 1. The monoisotopic (exact) mass is 238 g/mol. The molecule has 1 aliphatic heterocycles. The summed E-state index contributed by atoms with van der Waals surface area (Å²) in [6.45, 7) is 6.89. The van der Waals surface area contributed by atoms with Gasteiger partial charge in [-0.2, -0.15) is 0 Å². The Kier molecular flexibility index (Phi) is 3.49. The van der Waals surface area contributed by atoms with E-state index in [4.69, 9.17) is 4.42 Å². The highest BCUT2D eigenvalue weighted by Crippen LogP contribution is 2.16. The van der Waals surface area contributed by atoms with E-state index in [-0.39, 0.29) is 5.76 Å². The van der Waals surface area contributed by atoms with Crippen LogP contribution in [0.4, 0.5) is 0 Å². The maximum atomic E-state index is 10.7. The number of carbonyl (C=O) groups is 1. The van der Waals surface area contributed by atoms with Crippen LogP contribution >= 0.6 is 0 Å².